The Bertz CT molecular complexity index is 975. The summed E-state index contributed by atoms with van der Waals surface area (Å²) in [4.78, 5) is 27.6. The number of nitrogens with zero attached hydrogens (tertiary/aromatic N) is 2. The van der Waals surface area contributed by atoms with Gasteiger partial charge in [-0.15, -0.1) is 0 Å². The number of carbonyl (C=O) groups is 1. The van der Waals surface area contributed by atoms with Crippen molar-refractivity contribution >= 4 is 11.8 Å². The lowest BCUT2D eigenvalue weighted by atomic mass is 10.2. The van der Waals surface area contributed by atoms with Crippen molar-refractivity contribution in [1.29, 1.82) is 0 Å². The minimum Gasteiger partial charge on any atom is -0.463 e. The van der Waals surface area contributed by atoms with Gasteiger partial charge >= 0.3 is 11.7 Å². The molecule has 2 heterocycles. The highest BCUT2D eigenvalue weighted by Gasteiger charge is 2.28. The summed E-state index contributed by atoms with van der Waals surface area (Å²) in [5, 5.41) is 0. The van der Waals surface area contributed by atoms with Gasteiger partial charge in [0, 0.05) is 12.6 Å². The van der Waals surface area contributed by atoms with Crippen molar-refractivity contribution in [2.75, 3.05) is 12.3 Å². The van der Waals surface area contributed by atoms with Gasteiger partial charge in [-0.3, -0.25) is 9.36 Å². The number of carbonyl (C=O) groups excluding carboxylic acids is 1. The van der Waals surface area contributed by atoms with Crippen LogP contribution in [-0.2, 0) is 14.3 Å². The number of unbranched alkanes of at least 4 members (excludes halogenated alkanes) is 1. The summed E-state index contributed by atoms with van der Waals surface area (Å²) < 4.78 is 12.6. The molecule has 2 atom stereocenters. The maximum Gasteiger partial charge on any atom is 0.351 e. The summed E-state index contributed by atoms with van der Waals surface area (Å²) >= 11 is 0. The SMILES string of the molecule is CC/C=C\C/C=C\C/C=C\C/C=C\C/C=C\CCCC(=O)OC[C@@H]1CC[C@@H](n2ccc(N)nc2=O)O1. The Hall–Kier alpha value is -3.19. The van der Waals surface area contributed by atoms with Crippen molar-refractivity contribution in [2.45, 2.75) is 83.5 Å². The van der Waals surface area contributed by atoms with Gasteiger partial charge in [0.1, 0.15) is 18.7 Å². The molecular formula is C29H41N3O4. The molecule has 0 unspecified atom stereocenters. The maximum atomic E-state index is 12.0. The van der Waals surface area contributed by atoms with Crippen molar-refractivity contribution < 1.29 is 14.3 Å². The van der Waals surface area contributed by atoms with Crippen LogP contribution in [0.25, 0.3) is 0 Å². The highest BCUT2D eigenvalue weighted by molar-refractivity contribution is 5.69. The predicted octanol–water partition coefficient (Wildman–Crippen LogP) is 5.97. The van der Waals surface area contributed by atoms with Crippen LogP contribution in [0.2, 0.25) is 0 Å². The molecule has 1 aliphatic rings. The van der Waals surface area contributed by atoms with Crippen LogP contribution in [0.5, 0.6) is 0 Å². The Kier molecular flexibility index (Phi) is 14.6. The lowest BCUT2D eigenvalue weighted by molar-refractivity contribution is -0.148. The van der Waals surface area contributed by atoms with Crippen molar-refractivity contribution in [1.82, 2.24) is 9.55 Å². The summed E-state index contributed by atoms with van der Waals surface area (Å²) in [7, 11) is 0. The lowest BCUT2D eigenvalue weighted by Crippen LogP contribution is -2.28. The standard InChI is InChI=1S/C29H41N3O4/c1-2-3-4-5-6-7-8-9-10-11-12-13-14-15-16-17-18-19-28(33)35-24-25-20-21-27(36-25)32-23-22-26(30)31-29(32)34/h3-4,6-7,9-10,12-13,15-16,22-23,25,27H,2,5,8,11,14,17-21,24H2,1H3,(H2,30,31,34)/b4-3-,7-6-,10-9-,13-12-,16-15-/t25-,27-/m0/s1. The predicted molar refractivity (Wildman–Crippen MR) is 145 cm³/mol. The van der Waals surface area contributed by atoms with Gasteiger partial charge in [-0.2, -0.15) is 4.98 Å². The van der Waals surface area contributed by atoms with Crippen molar-refractivity contribution in [3.05, 3.63) is 83.5 Å². The first-order valence-corrected chi connectivity index (χ1v) is 13.0. The zero-order chi connectivity index (χ0) is 25.8. The maximum absolute atomic E-state index is 12.0. The Morgan fingerprint density at radius 2 is 1.64 bits per heavy atom. The van der Waals surface area contributed by atoms with Gasteiger partial charge in [0.2, 0.25) is 0 Å². The van der Waals surface area contributed by atoms with Gasteiger partial charge < -0.3 is 15.2 Å². The number of nitrogen functional groups attached to an aromatic ring is 1. The number of nitrogens with two attached hydrogens (primary N) is 1. The molecule has 0 saturated carbocycles. The van der Waals surface area contributed by atoms with E-state index >= 15 is 0 Å². The molecule has 1 fully saturated rings. The second kappa shape index (κ2) is 18.1. The third-order valence-electron chi connectivity index (χ3n) is 5.59. The molecule has 0 spiro atoms. The van der Waals surface area contributed by atoms with Crippen molar-refractivity contribution in [2.24, 2.45) is 0 Å². The molecule has 7 nitrogen and oxygen atoms in total. The Morgan fingerprint density at radius 3 is 2.25 bits per heavy atom. The van der Waals surface area contributed by atoms with Crippen molar-refractivity contribution in [3.63, 3.8) is 0 Å². The third kappa shape index (κ3) is 12.5. The zero-order valence-electron chi connectivity index (χ0n) is 21.5. The number of aromatic nitrogens is 2. The van der Waals surface area contributed by atoms with Crippen LogP contribution in [0, 0.1) is 0 Å². The lowest BCUT2D eigenvalue weighted by Gasteiger charge is -2.15. The molecule has 2 N–H and O–H groups in total. The van der Waals surface area contributed by atoms with E-state index in [1.54, 1.807) is 12.3 Å². The van der Waals surface area contributed by atoms with Gasteiger partial charge in [0.05, 0.1) is 6.10 Å². The number of rotatable bonds is 16. The quantitative estimate of drug-likeness (QED) is 0.172. The average molecular weight is 496 g/mol. The molecule has 36 heavy (non-hydrogen) atoms. The largest absolute Gasteiger partial charge is 0.463 e. The summed E-state index contributed by atoms with van der Waals surface area (Å²) in [5.41, 5.74) is 5.08. The molecule has 1 aromatic rings. The van der Waals surface area contributed by atoms with E-state index in [1.807, 2.05) is 0 Å². The van der Waals surface area contributed by atoms with Crippen LogP contribution >= 0.6 is 0 Å². The molecule has 0 bridgehead atoms. The van der Waals surface area contributed by atoms with E-state index in [0.717, 1.165) is 51.4 Å². The second-order valence-corrected chi connectivity index (χ2v) is 8.62. The molecule has 0 aromatic carbocycles. The average Bonchev–Trinajstić information content (AvgIpc) is 3.33. The van der Waals surface area contributed by atoms with Crippen LogP contribution in [0.4, 0.5) is 5.82 Å². The number of ether oxygens (including phenoxy) is 2. The fraction of sp³-hybridized carbons (Fsp3) is 0.483. The van der Waals surface area contributed by atoms with E-state index in [1.165, 1.54) is 4.57 Å². The second-order valence-electron chi connectivity index (χ2n) is 8.62. The van der Waals surface area contributed by atoms with Gasteiger partial charge in [-0.05, 0) is 63.9 Å². The molecule has 7 heteroatoms. The molecule has 0 aliphatic carbocycles. The van der Waals surface area contributed by atoms with E-state index in [-0.39, 0.29) is 24.5 Å². The van der Waals surface area contributed by atoms with Gasteiger partial charge in [0.25, 0.3) is 0 Å². The first kappa shape index (κ1) is 29.0. The van der Waals surface area contributed by atoms with Crippen LogP contribution in [0.15, 0.2) is 77.8 Å². The van der Waals surface area contributed by atoms with Gasteiger partial charge in [-0.1, -0.05) is 67.7 Å². The number of allylic oxidation sites excluding steroid dienone is 10. The topological polar surface area (TPSA) is 96.4 Å². The molecule has 196 valence electrons. The molecule has 1 aliphatic heterocycles. The van der Waals surface area contributed by atoms with E-state index in [0.29, 0.717) is 12.8 Å². The Labute approximate surface area is 215 Å². The summed E-state index contributed by atoms with van der Waals surface area (Å²) in [6.07, 6.45) is 31.0. The van der Waals surface area contributed by atoms with E-state index in [9.17, 15) is 9.59 Å². The Balaban J connectivity index is 1.47. The molecule has 1 aromatic heterocycles. The number of anilines is 1. The van der Waals surface area contributed by atoms with Crippen LogP contribution in [0.1, 0.15) is 77.4 Å². The number of hydrogen-bond acceptors (Lipinski definition) is 6. The molecule has 0 amide bonds. The van der Waals surface area contributed by atoms with E-state index in [4.69, 9.17) is 15.2 Å². The number of hydrogen-bond donors (Lipinski definition) is 1. The van der Waals surface area contributed by atoms with Gasteiger partial charge in [-0.25, -0.2) is 4.79 Å². The first-order chi connectivity index (χ1) is 17.6. The minimum absolute atomic E-state index is 0.185. The number of esters is 1. The molecular weight excluding hydrogens is 454 g/mol. The smallest absolute Gasteiger partial charge is 0.351 e. The van der Waals surface area contributed by atoms with Gasteiger partial charge in [0.15, 0.2) is 0 Å². The van der Waals surface area contributed by atoms with E-state index in [2.05, 4.69) is 72.7 Å². The van der Waals surface area contributed by atoms with Crippen molar-refractivity contribution in [3.8, 4) is 0 Å². The summed E-state index contributed by atoms with van der Waals surface area (Å²) in [6, 6.07) is 1.56. The summed E-state index contributed by atoms with van der Waals surface area (Å²) in [5.74, 6) is -0.0370. The highest BCUT2D eigenvalue weighted by Crippen LogP contribution is 2.27. The normalized spacial score (nSPS) is 18.6. The zero-order valence-corrected chi connectivity index (χ0v) is 21.5. The van der Waals surface area contributed by atoms with E-state index < -0.39 is 11.9 Å². The minimum atomic E-state index is -0.437. The van der Waals surface area contributed by atoms with Crippen LogP contribution in [0.3, 0.4) is 0 Å². The first-order valence-electron chi connectivity index (χ1n) is 13.0. The fourth-order valence-corrected chi connectivity index (χ4v) is 3.65. The molecule has 0 radical (unpaired) electrons. The van der Waals surface area contributed by atoms with Crippen LogP contribution < -0.4 is 11.4 Å². The molecule has 2 rings (SSSR count). The van der Waals surface area contributed by atoms with Crippen LogP contribution in [-0.4, -0.2) is 28.2 Å². The molecule has 1 saturated heterocycles. The monoisotopic (exact) mass is 495 g/mol. The fourth-order valence-electron chi connectivity index (χ4n) is 3.65. The summed E-state index contributed by atoms with van der Waals surface area (Å²) in [6.45, 7) is 2.35. The Morgan fingerprint density at radius 1 is 1.03 bits per heavy atom. The highest BCUT2D eigenvalue weighted by atomic mass is 16.6. The third-order valence-corrected chi connectivity index (χ3v) is 5.59.